The monoisotopic (exact) mass is 233 g/mol. The first-order chi connectivity index (χ1) is 8.24. The molecular formula is C12H19N5. The molecule has 0 aliphatic heterocycles. The Morgan fingerprint density at radius 1 is 1.35 bits per heavy atom. The van der Waals surface area contributed by atoms with Crippen LogP contribution in [0.15, 0.2) is 0 Å². The molecule has 5 unspecified atom stereocenters. The predicted molar refractivity (Wildman–Crippen MR) is 61.8 cm³/mol. The number of nitrogens with zero attached hydrogens (tertiary/aromatic N) is 4. The zero-order valence-electron chi connectivity index (χ0n) is 10.2. The molecule has 0 radical (unpaired) electrons. The van der Waals surface area contributed by atoms with Gasteiger partial charge in [0.2, 0.25) is 0 Å². The number of nitrogens with two attached hydrogens (primary N) is 1. The molecule has 0 spiro atoms. The average Bonchev–Trinajstić information content (AvgIpc) is 2.65. The molecule has 1 aromatic heterocycles. The van der Waals surface area contributed by atoms with Gasteiger partial charge in [-0.1, -0.05) is 0 Å². The molecule has 5 nitrogen and oxygen atoms in total. The minimum absolute atomic E-state index is 0.248. The van der Waals surface area contributed by atoms with E-state index in [0.29, 0.717) is 0 Å². The van der Waals surface area contributed by atoms with Gasteiger partial charge in [0.1, 0.15) is 0 Å². The Bertz CT molecular complexity index is 426. The van der Waals surface area contributed by atoms with E-state index in [1.165, 1.54) is 24.1 Å². The lowest BCUT2D eigenvalue weighted by molar-refractivity contribution is 0.406. The van der Waals surface area contributed by atoms with Crippen LogP contribution in [0.5, 0.6) is 0 Å². The van der Waals surface area contributed by atoms with Crippen LogP contribution in [0.4, 0.5) is 0 Å². The van der Waals surface area contributed by atoms with Crippen molar-refractivity contribution in [1.82, 2.24) is 20.2 Å². The summed E-state index contributed by atoms with van der Waals surface area (Å²) in [6.45, 7) is 0. The second kappa shape index (κ2) is 3.28. The van der Waals surface area contributed by atoms with Crippen LogP contribution in [0.3, 0.4) is 0 Å². The normalized spacial score (nSPS) is 43.8. The highest BCUT2D eigenvalue weighted by molar-refractivity contribution is 5.16. The molecule has 17 heavy (non-hydrogen) atoms. The van der Waals surface area contributed by atoms with Crippen LogP contribution in [0.2, 0.25) is 0 Å². The van der Waals surface area contributed by atoms with Crippen molar-refractivity contribution in [3.8, 4) is 0 Å². The smallest absolute Gasteiger partial charge is 0.176 e. The number of fused-ring (bicyclic) bond motifs is 5. The summed E-state index contributed by atoms with van der Waals surface area (Å²) in [6.07, 6.45) is 5.20. The third-order valence-electron chi connectivity index (χ3n) is 5.26. The fourth-order valence-corrected chi connectivity index (χ4v) is 4.72. The fraction of sp³-hybridized carbons (Fsp3) is 0.917. The third kappa shape index (κ3) is 1.38. The van der Waals surface area contributed by atoms with Crippen molar-refractivity contribution in [2.75, 3.05) is 0 Å². The van der Waals surface area contributed by atoms with E-state index in [1.807, 2.05) is 0 Å². The minimum Gasteiger partial charge on any atom is -0.327 e. The van der Waals surface area contributed by atoms with Crippen LogP contribution in [0, 0.1) is 29.6 Å². The summed E-state index contributed by atoms with van der Waals surface area (Å²) in [6, 6.07) is 0.248. The van der Waals surface area contributed by atoms with E-state index in [4.69, 9.17) is 5.73 Å². The van der Waals surface area contributed by atoms with Gasteiger partial charge in [0.05, 0.1) is 7.05 Å². The van der Waals surface area contributed by atoms with Gasteiger partial charge in [-0.05, 0) is 54.1 Å². The first-order valence-electron chi connectivity index (χ1n) is 6.72. The minimum atomic E-state index is 0.248. The van der Waals surface area contributed by atoms with E-state index in [0.717, 1.165) is 41.8 Å². The average molecular weight is 233 g/mol. The topological polar surface area (TPSA) is 69.6 Å². The van der Waals surface area contributed by atoms with E-state index >= 15 is 0 Å². The van der Waals surface area contributed by atoms with Gasteiger partial charge in [0.15, 0.2) is 5.82 Å². The molecule has 0 amide bonds. The summed E-state index contributed by atoms with van der Waals surface area (Å²) >= 11 is 0. The molecule has 4 rings (SSSR count). The highest BCUT2D eigenvalue weighted by Gasteiger charge is 2.66. The second-order valence-electron chi connectivity index (χ2n) is 6.13. The largest absolute Gasteiger partial charge is 0.327 e. The summed E-state index contributed by atoms with van der Waals surface area (Å²) in [5.74, 6) is 5.44. The molecular weight excluding hydrogens is 214 g/mol. The Labute approximate surface area is 101 Å². The molecule has 92 valence electrons. The molecule has 2 N–H and O–H groups in total. The van der Waals surface area contributed by atoms with Gasteiger partial charge in [-0.15, -0.1) is 10.2 Å². The molecule has 3 aliphatic carbocycles. The van der Waals surface area contributed by atoms with E-state index in [2.05, 4.69) is 15.4 Å². The Balaban J connectivity index is 1.44. The molecule has 3 aliphatic rings. The molecule has 5 atom stereocenters. The fourth-order valence-electron chi connectivity index (χ4n) is 4.72. The summed E-state index contributed by atoms with van der Waals surface area (Å²) in [5.41, 5.74) is 6.35. The number of rotatable bonds is 3. The Hall–Kier alpha value is -0.970. The van der Waals surface area contributed by atoms with Crippen molar-refractivity contribution in [1.29, 1.82) is 0 Å². The number of tetrazole rings is 1. The van der Waals surface area contributed by atoms with Crippen molar-refractivity contribution < 1.29 is 0 Å². The number of aromatic nitrogens is 4. The highest BCUT2D eigenvalue weighted by Crippen LogP contribution is 2.70. The van der Waals surface area contributed by atoms with Gasteiger partial charge in [0.25, 0.3) is 0 Å². The maximum Gasteiger partial charge on any atom is 0.176 e. The van der Waals surface area contributed by atoms with Gasteiger partial charge in [-0.2, -0.15) is 4.80 Å². The molecule has 0 saturated heterocycles. The zero-order valence-corrected chi connectivity index (χ0v) is 10.2. The maximum atomic E-state index is 6.35. The van der Waals surface area contributed by atoms with Crippen LogP contribution in [0.1, 0.15) is 25.1 Å². The van der Waals surface area contributed by atoms with Crippen molar-refractivity contribution in [3.63, 3.8) is 0 Å². The molecule has 3 fully saturated rings. The van der Waals surface area contributed by atoms with E-state index < -0.39 is 0 Å². The molecule has 2 bridgehead atoms. The van der Waals surface area contributed by atoms with Crippen molar-refractivity contribution in [3.05, 3.63) is 5.82 Å². The van der Waals surface area contributed by atoms with Crippen LogP contribution in [-0.2, 0) is 13.5 Å². The summed E-state index contributed by atoms with van der Waals surface area (Å²) in [7, 11) is 1.80. The lowest BCUT2D eigenvalue weighted by Gasteiger charge is -2.14. The standard InChI is InChI=1S/C12H19N5/c1-17-15-9(14-16-17)5-8(13)12-10-6-2-3-7(4-6)11(10)12/h6-8,10-12H,2-5,13H2,1H3. The molecule has 5 heteroatoms. The summed E-state index contributed by atoms with van der Waals surface area (Å²) < 4.78 is 0. The Morgan fingerprint density at radius 2 is 2.06 bits per heavy atom. The predicted octanol–water partition coefficient (Wildman–Crippen LogP) is 0.372. The van der Waals surface area contributed by atoms with Gasteiger partial charge < -0.3 is 5.73 Å². The van der Waals surface area contributed by atoms with Crippen LogP contribution in [-0.4, -0.2) is 26.2 Å². The third-order valence-corrected chi connectivity index (χ3v) is 5.26. The summed E-state index contributed by atoms with van der Waals surface area (Å²) in [4.78, 5) is 1.51. The van der Waals surface area contributed by atoms with Crippen LogP contribution < -0.4 is 5.73 Å². The second-order valence-corrected chi connectivity index (χ2v) is 6.13. The number of hydrogen-bond acceptors (Lipinski definition) is 4. The van der Waals surface area contributed by atoms with Gasteiger partial charge >= 0.3 is 0 Å². The SMILES string of the molecule is Cn1nnc(CC(N)C2C3C4CCC(C4)C23)n1. The number of aryl methyl sites for hydroxylation is 1. The maximum absolute atomic E-state index is 6.35. The lowest BCUT2D eigenvalue weighted by atomic mass is 9.96. The van der Waals surface area contributed by atoms with Gasteiger partial charge in [-0.25, -0.2) is 0 Å². The molecule has 1 aromatic rings. The Kier molecular flexibility index (Phi) is 1.93. The quantitative estimate of drug-likeness (QED) is 0.819. The van der Waals surface area contributed by atoms with Crippen LogP contribution in [0.25, 0.3) is 0 Å². The first kappa shape index (κ1) is 10.00. The van der Waals surface area contributed by atoms with Crippen LogP contribution >= 0.6 is 0 Å². The molecule has 0 aromatic carbocycles. The lowest BCUT2D eigenvalue weighted by Crippen LogP contribution is -2.29. The van der Waals surface area contributed by atoms with Crippen molar-refractivity contribution >= 4 is 0 Å². The van der Waals surface area contributed by atoms with Crippen molar-refractivity contribution in [2.24, 2.45) is 42.4 Å². The zero-order chi connectivity index (χ0) is 11.6. The van der Waals surface area contributed by atoms with E-state index in [9.17, 15) is 0 Å². The van der Waals surface area contributed by atoms with E-state index in [-0.39, 0.29) is 6.04 Å². The molecule has 3 saturated carbocycles. The summed E-state index contributed by atoms with van der Waals surface area (Å²) in [5, 5.41) is 12.1. The van der Waals surface area contributed by atoms with E-state index in [1.54, 1.807) is 7.05 Å². The first-order valence-corrected chi connectivity index (χ1v) is 6.72. The molecule has 1 heterocycles. The number of hydrogen-bond donors (Lipinski definition) is 1. The van der Waals surface area contributed by atoms with Gasteiger partial charge in [-0.3, -0.25) is 0 Å². The van der Waals surface area contributed by atoms with Crippen molar-refractivity contribution in [2.45, 2.75) is 31.7 Å². The highest BCUT2D eigenvalue weighted by atomic mass is 15.6. The Morgan fingerprint density at radius 3 is 2.65 bits per heavy atom. The van der Waals surface area contributed by atoms with Gasteiger partial charge in [0, 0.05) is 12.5 Å².